The lowest BCUT2D eigenvalue weighted by Crippen LogP contribution is -2.44. The predicted octanol–water partition coefficient (Wildman–Crippen LogP) is 1.90. The van der Waals surface area contributed by atoms with Crippen molar-refractivity contribution in [3.8, 4) is 0 Å². The molecule has 100 valence electrons. The zero-order valence-corrected chi connectivity index (χ0v) is 11.2. The molecule has 0 saturated carbocycles. The Kier molecular flexibility index (Phi) is 4.95. The Bertz CT molecular complexity index is 376. The van der Waals surface area contributed by atoms with E-state index in [0.717, 1.165) is 31.8 Å². The molecule has 1 atom stereocenters. The molecule has 0 aliphatic carbocycles. The van der Waals surface area contributed by atoms with E-state index in [2.05, 4.69) is 10.2 Å². The van der Waals surface area contributed by atoms with Gasteiger partial charge in [-0.3, -0.25) is 4.90 Å². The highest BCUT2D eigenvalue weighted by Crippen LogP contribution is 2.15. The highest BCUT2D eigenvalue weighted by Gasteiger charge is 2.15. The van der Waals surface area contributed by atoms with Gasteiger partial charge in [-0.25, -0.2) is 4.39 Å². The molecule has 5 heteroatoms. The lowest BCUT2D eigenvalue weighted by molar-refractivity contribution is 0.00884. The Balaban J connectivity index is 1.87. The van der Waals surface area contributed by atoms with Crippen LogP contribution in [0.3, 0.4) is 0 Å². The van der Waals surface area contributed by atoms with Crippen LogP contribution in [0.15, 0.2) is 18.2 Å². The van der Waals surface area contributed by atoms with Gasteiger partial charge in [0, 0.05) is 31.2 Å². The van der Waals surface area contributed by atoms with E-state index in [0.29, 0.717) is 11.6 Å². The van der Waals surface area contributed by atoms with Crippen LogP contribution in [0, 0.1) is 5.82 Å². The number of hydrogen-bond acceptors (Lipinski definition) is 3. The first-order valence-electron chi connectivity index (χ1n) is 6.09. The zero-order valence-electron chi connectivity index (χ0n) is 10.5. The summed E-state index contributed by atoms with van der Waals surface area (Å²) in [4.78, 5) is 2.11. The molecule has 3 nitrogen and oxygen atoms in total. The van der Waals surface area contributed by atoms with Crippen molar-refractivity contribution < 1.29 is 9.13 Å². The van der Waals surface area contributed by atoms with Crippen molar-refractivity contribution in [2.24, 2.45) is 0 Å². The minimum atomic E-state index is -0.290. The Morgan fingerprint density at radius 3 is 3.00 bits per heavy atom. The van der Waals surface area contributed by atoms with Crippen molar-refractivity contribution >= 4 is 11.6 Å². The maximum atomic E-state index is 13.2. The van der Waals surface area contributed by atoms with Gasteiger partial charge in [-0.1, -0.05) is 11.6 Å². The van der Waals surface area contributed by atoms with E-state index in [9.17, 15) is 4.39 Å². The molecule has 0 amide bonds. The normalized spacial score (nSPS) is 20.3. The molecule has 1 fully saturated rings. The molecule has 1 aliphatic heterocycles. The average molecular weight is 273 g/mol. The lowest BCUT2D eigenvalue weighted by atomic mass is 10.2. The summed E-state index contributed by atoms with van der Waals surface area (Å²) in [6, 6.07) is 4.63. The molecule has 0 aromatic heterocycles. The molecule has 0 radical (unpaired) electrons. The second-order valence-corrected chi connectivity index (χ2v) is 5.11. The molecule has 1 heterocycles. The number of nitrogens with zero attached hydrogens (tertiary/aromatic N) is 1. The third-order valence-corrected chi connectivity index (χ3v) is 3.11. The molecule has 1 aromatic rings. The van der Waals surface area contributed by atoms with E-state index >= 15 is 0 Å². The molecule has 1 unspecified atom stereocenters. The second kappa shape index (κ2) is 6.48. The summed E-state index contributed by atoms with van der Waals surface area (Å²) in [5, 5.41) is 3.73. The summed E-state index contributed by atoms with van der Waals surface area (Å²) in [6.07, 6.45) is 0.202. The van der Waals surface area contributed by atoms with Gasteiger partial charge >= 0.3 is 0 Å². The summed E-state index contributed by atoms with van der Waals surface area (Å²) in [5.41, 5.74) is 0.881. The molecule has 1 aliphatic rings. The Morgan fingerprint density at radius 1 is 1.50 bits per heavy atom. The van der Waals surface area contributed by atoms with Gasteiger partial charge in [-0.2, -0.15) is 0 Å². The predicted molar refractivity (Wildman–Crippen MR) is 70.4 cm³/mol. The molecule has 1 N–H and O–H groups in total. The molecular formula is C13H18ClFN2O. The van der Waals surface area contributed by atoms with Crippen LogP contribution in [0.4, 0.5) is 4.39 Å². The summed E-state index contributed by atoms with van der Waals surface area (Å²) >= 11 is 5.83. The molecule has 18 heavy (non-hydrogen) atoms. The van der Waals surface area contributed by atoms with E-state index in [1.807, 2.05) is 7.05 Å². The van der Waals surface area contributed by atoms with E-state index in [4.69, 9.17) is 16.3 Å². The van der Waals surface area contributed by atoms with E-state index in [-0.39, 0.29) is 11.9 Å². The van der Waals surface area contributed by atoms with Crippen LogP contribution in [0.5, 0.6) is 0 Å². The standard InChI is InChI=1S/C13H18ClFN2O/c1-17(9-13-7-16-2-3-18-13)8-10-4-11(14)6-12(15)5-10/h4-6,13,16H,2-3,7-9H2,1H3. The number of rotatable bonds is 4. The van der Waals surface area contributed by atoms with Crippen LogP contribution in [0.1, 0.15) is 5.56 Å². The SMILES string of the molecule is CN(Cc1cc(F)cc(Cl)c1)CC1CNCCO1. The fraction of sp³-hybridized carbons (Fsp3) is 0.538. The number of hydrogen-bond donors (Lipinski definition) is 1. The van der Waals surface area contributed by atoms with Crippen molar-refractivity contribution in [1.82, 2.24) is 10.2 Å². The van der Waals surface area contributed by atoms with Crippen molar-refractivity contribution in [2.75, 3.05) is 33.3 Å². The molecule has 2 rings (SSSR count). The summed E-state index contributed by atoms with van der Waals surface area (Å²) in [5.74, 6) is -0.290. The summed E-state index contributed by atoms with van der Waals surface area (Å²) in [6.45, 7) is 4.02. The Hall–Kier alpha value is -0.680. The highest BCUT2D eigenvalue weighted by atomic mass is 35.5. The van der Waals surface area contributed by atoms with Gasteiger partial charge in [0.15, 0.2) is 0 Å². The maximum absolute atomic E-state index is 13.2. The fourth-order valence-corrected chi connectivity index (χ4v) is 2.41. The van der Waals surface area contributed by atoms with E-state index < -0.39 is 0 Å². The van der Waals surface area contributed by atoms with E-state index in [1.54, 1.807) is 6.07 Å². The maximum Gasteiger partial charge on any atom is 0.125 e. The van der Waals surface area contributed by atoms with Crippen molar-refractivity contribution in [3.63, 3.8) is 0 Å². The molecular weight excluding hydrogens is 255 g/mol. The molecule has 0 spiro atoms. The van der Waals surface area contributed by atoms with Crippen LogP contribution in [0.25, 0.3) is 0 Å². The first kappa shape index (κ1) is 13.7. The first-order valence-corrected chi connectivity index (χ1v) is 6.47. The number of ether oxygens (including phenoxy) is 1. The number of likely N-dealkylation sites (N-methyl/N-ethyl adjacent to an activating group) is 1. The van der Waals surface area contributed by atoms with Gasteiger partial charge in [0.25, 0.3) is 0 Å². The minimum Gasteiger partial charge on any atom is -0.374 e. The fourth-order valence-electron chi connectivity index (χ4n) is 2.16. The average Bonchev–Trinajstić information content (AvgIpc) is 2.28. The summed E-state index contributed by atoms with van der Waals surface area (Å²) in [7, 11) is 2.00. The van der Waals surface area contributed by atoms with Gasteiger partial charge in [0.2, 0.25) is 0 Å². The zero-order chi connectivity index (χ0) is 13.0. The van der Waals surface area contributed by atoms with Crippen LogP contribution >= 0.6 is 11.6 Å². The lowest BCUT2D eigenvalue weighted by Gasteiger charge is -2.28. The smallest absolute Gasteiger partial charge is 0.125 e. The van der Waals surface area contributed by atoms with Crippen molar-refractivity contribution in [1.29, 1.82) is 0 Å². The summed E-state index contributed by atoms with van der Waals surface area (Å²) < 4.78 is 18.8. The van der Waals surface area contributed by atoms with Crippen LogP contribution in [0.2, 0.25) is 5.02 Å². The number of benzene rings is 1. The van der Waals surface area contributed by atoms with Crippen LogP contribution in [-0.4, -0.2) is 44.3 Å². The number of morpholine rings is 1. The van der Waals surface area contributed by atoms with E-state index in [1.165, 1.54) is 12.1 Å². The third kappa shape index (κ3) is 4.21. The van der Waals surface area contributed by atoms with Gasteiger partial charge in [-0.15, -0.1) is 0 Å². The van der Waals surface area contributed by atoms with Crippen LogP contribution < -0.4 is 5.32 Å². The number of nitrogens with one attached hydrogen (secondary N) is 1. The monoisotopic (exact) mass is 272 g/mol. The van der Waals surface area contributed by atoms with Crippen LogP contribution in [-0.2, 0) is 11.3 Å². The highest BCUT2D eigenvalue weighted by molar-refractivity contribution is 6.30. The topological polar surface area (TPSA) is 24.5 Å². The van der Waals surface area contributed by atoms with Gasteiger partial charge in [-0.05, 0) is 30.8 Å². The largest absolute Gasteiger partial charge is 0.374 e. The molecule has 1 aromatic carbocycles. The Labute approximate surface area is 112 Å². The Morgan fingerprint density at radius 2 is 2.33 bits per heavy atom. The third-order valence-electron chi connectivity index (χ3n) is 2.89. The van der Waals surface area contributed by atoms with Crippen molar-refractivity contribution in [3.05, 3.63) is 34.6 Å². The second-order valence-electron chi connectivity index (χ2n) is 4.67. The molecule has 1 saturated heterocycles. The molecule has 0 bridgehead atoms. The van der Waals surface area contributed by atoms with Crippen molar-refractivity contribution in [2.45, 2.75) is 12.6 Å². The quantitative estimate of drug-likeness (QED) is 0.906. The minimum absolute atomic E-state index is 0.202. The van der Waals surface area contributed by atoms with Gasteiger partial charge in [0.05, 0.1) is 12.7 Å². The first-order chi connectivity index (χ1) is 8.63. The number of halogens is 2. The van der Waals surface area contributed by atoms with Gasteiger partial charge in [0.1, 0.15) is 5.82 Å². The van der Waals surface area contributed by atoms with Gasteiger partial charge < -0.3 is 10.1 Å².